The van der Waals surface area contributed by atoms with E-state index >= 15 is 0 Å². The van der Waals surface area contributed by atoms with E-state index in [1.807, 2.05) is 0 Å². The molecule has 92 valence electrons. The van der Waals surface area contributed by atoms with Crippen LogP contribution in [0.15, 0.2) is 0 Å². The van der Waals surface area contributed by atoms with Crippen LogP contribution in [0.5, 0.6) is 0 Å². The molecule has 0 radical (unpaired) electrons. The number of rotatable bonds is 2. The van der Waals surface area contributed by atoms with E-state index in [1.54, 1.807) is 0 Å². The van der Waals surface area contributed by atoms with Crippen molar-refractivity contribution < 1.29 is 18.3 Å². The average molecular weight is 248 g/mol. The molecule has 2 fully saturated rings. The van der Waals surface area contributed by atoms with Crippen molar-refractivity contribution >= 4 is 15.9 Å². The maximum Gasteiger partial charge on any atom is 0.224 e. The van der Waals surface area contributed by atoms with E-state index in [0.29, 0.717) is 6.42 Å². The van der Waals surface area contributed by atoms with Crippen LogP contribution >= 0.6 is 0 Å². The quantitative estimate of drug-likeness (QED) is 0.640. The molecule has 6 nitrogen and oxygen atoms in total. The van der Waals surface area contributed by atoms with Crippen molar-refractivity contribution in [3.8, 4) is 0 Å². The lowest BCUT2D eigenvalue weighted by atomic mass is 10.2. The third-order valence-corrected chi connectivity index (χ3v) is 4.68. The molecule has 3 N–H and O–H groups in total. The molecule has 0 spiro atoms. The molecular formula is C9H16N2O4S. The van der Waals surface area contributed by atoms with Crippen molar-refractivity contribution in [2.24, 2.45) is 5.14 Å². The van der Waals surface area contributed by atoms with Crippen LogP contribution in [0, 0.1) is 0 Å². The molecule has 1 aliphatic heterocycles. The summed E-state index contributed by atoms with van der Waals surface area (Å²) in [7, 11) is -3.66. The first-order chi connectivity index (χ1) is 7.39. The predicted octanol–water partition coefficient (Wildman–Crippen LogP) is -1.21. The lowest BCUT2D eigenvalue weighted by Crippen LogP contribution is -2.42. The maximum atomic E-state index is 11.7. The van der Waals surface area contributed by atoms with Gasteiger partial charge in [0.2, 0.25) is 15.9 Å². The minimum absolute atomic E-state index is 0.0535. The van der Waals surface area contributed by atoms with Gasteiger partial charge in [0.15, 0.2) is 0 Å². The average Bonchev–Trinajstić information content (AvgIpc) is 2.70. The second-order valence-corrected chi connectivity index (χ2v) is 6.37. The highest BCUT2D eigenvalue weighted by atomic mass is 32.2. The Bertz CT molecular complexity index is 394. The number of nitrogens with zero attached hydrogens (tertiary/aromatic N) is 1. The van der Waals surface area contributed by atoms with Gasteiger partial charge in [-0.05, 0) is 19.3 Å². The summed E-state index contributed by atoms with van der Waals surface area (Å²) in [5.41, 5.74) is 0. The molecule has 0 bridgehead atoms. The molecule has 0 aromatic carbocycles. The number of nitrogens with two attached hydrogens (primary N) is 1. The van der Waals surface area contributed by atoms with E-state index in [-0.39, 0.29) is 24.9 Å². The summed E-state index contributed by atoms with van der Waals surface area (Å²) in [6, 6.07) is -0.223. The van der Waals surface area contributed by atoms with Crippen LogP contribution in [0.2, 0.25) is 0 Å². The van der Waals surface area contributed by atoms with Crippen LogP contribution < -0.4 is 5.14 Å². The second-order valence-electron chi connectivity index (χ2n) is 4.53. The summed E-state index contributed by atoms with van der Waals surface area (Å²) in [6.45, 7) is 0.124. The van der Waals surface area contributed by atoms with Gasteiger partial charge in [-0.1, -0.05) is 0 Å². The van der Waals surface area contributed by atoms with Gasteiger partial charge in [-0.15, -0.1) is 0 Å². The van der Waals surface area contributed by atoms with Crippen molar-refractivity contribution in [2.75, 3.05) is 6.54 Å². The topological polar surface area (TPSA) is 101 Å². The van der Waals surface area contributed by atoms with Gasteiger partial charge in [0.1, 0.15) is 5.25 Å². The number of aliphatic hydroxyl groups is 1. The highest BCUT2D eigenvalue weighted by Crippen LogP contribution is 2.29. The Morgan fingerprint density at radius 3 is 2.50 bits per heavy atom. The van der Waals surface area contributed by atoms with E-state index in [1.165, 1.54) is 4.90 Å². The first-order valence-corrected chi connectivity index (χ1v) is 6.99. The standard InChI is InChI=1S/C9H16N2O4S/c10-16(14,15)6-4-9(13)11(5-6)7-2-1-3-8(7)12/h6-8,12H,1-5H2,(H2,10,14,15). The number of sulfonamides is 1. The largest absolute Gasteiger partial charge is 0.391 e. The molecule has 0 aromatic rings. The van der Waals surface area contributed by atoms with E-state index in [0.717, 1.165) is 12.8 Å². The molecule has 1 saturated carbocycles. The third-order valence-electron chi connectivity index (χ3n) is 3.43. The molecule has 16 heavy (non-hydrogen) atoms. The van der Waals surface area contributed by atoms with Crippen molar-refractivity contribution in [1.82, 2.24) is 4.90 Å². The molecule has 1 amide bonds. The van der Waals surface area contributed by atoms with Crippen LogP contribution in [-0.4, -0.2) is 48.3 Å². The predicted molar refractivity (Wildman–Crippen MR) is 56.9 cm³/mol. The fourth-order valence-corrected chi connectivity index (χ4v) is 3.27. The van der Waals surface area contributed by atoms with Crippen LogP contribution in [0.3, 0.4) is 0 Å². The molecule has 3 atom stereocenters. The molecule has 1 saturated heterocycles. The summed E-state index contributed by atoms with van der Waals surface area (Å²) in [6.07, 6.45) is 1.71. The Kier molecular flexibility index (Phi) is 2.93. The minimum atomic E-state index is -3.66. The Morgan fingerprint density at radius 2 is 2.06 bits per heavy atom. The van der Waals surface area contributed by atoms with Crippen LogP contribution in [0.4, 0.5) is 0 Å². The number of carbonyl (C=O) groups is 1. The second kappa shape index (κ2) is 3.97. The summed E-state index contributed by atoms with van der Waals surface area (Å²) in [4.78, 5) is 13.1. The van der Waals surface area contributed by atoms with Gasteiger partial charge >= 0.3 is 0 Å². The number of hydrogen-bond donors (Lipinski definition) is 2. The van der Waals surface area contributed by atoms with E-state index in [2.05, 4.69) is 0 Å². The number of likely N-dealkylation sites (tertiary alicyclic amines) is 1. The Morgan fingerprint density at radius 1 is 1.38 bits per heavy atom. The third kappa shape index (κ3) is 2.07. The van der Waals surface area contributed by atoms with Gasteiger partial charge in [0.25, 0.3) is 0 Å². The van der Waals surface area contributed by atoms with Gasteiger partial charge in [-0.25, -0.2) is 13.6 Å². The summed E-state index contributed by atoms with van der Waals surface area (Å²) in [5, 5.41) is 13.9. The fourth-order valence-electron chi connectivity index (χ4n) is 2.52. The Balaban J connectivity index is 2.11. The van der Waals surface area contributed by atoms with Gasteiger partial charge in [0.05, 0.1) is 12.1 Å². The number of carbonyl (C=O) groups excluding carboxylic acids is 1. The maximum absolute atomic E-state index is 11.7. The number of primary sulfonamides is 1. The summed E-state index contributed by atoms with van der Waals surface area (Å²) in [5.74, 6) is -0.218. The normalized spacial score (nSPS) is 36.0. The van der Waals surface area contributed by atoms with Crippen molar-refractivity contribution in [1.29, 1.82) is 0 Å². The zero-order valence-electron chi connectivity index (χ0n) is 8.87. The molecule has 3 unspecified atom stereocenters. The molecule has 2 aliphatic rings. The molecule has 0 aromatic heterocycles. The minimum Gasteiger partial charge on any atom is -0.391 e. The monoisotopic (exact) mass is 248 g/mol. The van der Waals surface area contributed by atoms with E-state index in [9.17, 15) is 18.3 Å². The zero-order valence-corrected chi connectivity index (χ0v) is 9.69. The Hall–Kier alpha value is -0.660. The van der Waals surface area contributed by atoms with Crippen LogP contribution in [-0.2, 0) is 14.8 Å². The highest BCUT2D eigenvalue weighted by Gasteiger charge is 2.42. The lowest BCUT2D eigenvalue weighted by Gasteiger charge is -2.26. The lowest BCUT2D eigenvalue weighted by molar-refractivity contribution is -0.131. The number of amides is 1. The summed E-state index contributed by atoms with van der Waals surface area (Å²) < 4.78 is 22.3. The molecule has 1 aliphatic carbocycles. The molecule has 2 rings (SSSR count). The SMILES string of the molecule is NS(=O)(=O)C1CC(=O)N(C2CCCC2O)C1. The first kappa shape index (κ1) is 11.8. The number of aliphatic hydroxyl groups excluding tert-OH is 1. The van der Waals surface area contributed by atoms with Crippen molar-refractivity contribution in [2.45, 2.75) is 43.1 Å². The van der Waals surface area contributed by atoms with Gasteiger partial charge in [0, 0.05) is 13.0 Å². The molecular weight excluding hydrogens is 232 g/mol. The number of hydrogen-bond acceptors (Lipinski definition) is 4. The van der Waals surface area contributed by atoms with Crippen LogP contribution in [0.1, 0.15) is 25.7 Å². The summed E-state index contributed by atoms with van der Waals surface area (Å²) >= 11 is 0. The van der Waals surface area contributed by atoms with E-state index in [4.69, 9.17) is 5.14 Å². The molecule has 1 heterocycles. The van der Waals surface area contributed by atoms with Gasteiger partial charge < -0.3 is 10.0 Å². The van der Waals surface area contributed by atoms with Gasteiger partial charge in [-0.3, -0.25) is 4.79 Å². The van der Waals surface area contributed by atoms with Crippen LogP contribution in [0.25, 0.3) is 0 Å². The first-order valence-electron chi connectivity index (χ1n) is 5.38. The fraction of sp³-hybridized carbons (Fsp3) is 0.889. The van der Waals surface area contributed by atoms with E-state index < -0.39 is 21.4 Å². The van der Waals surface area contributed by atoms with Crippen molar-refractivity contribution in [3.63, 3.8) is 0 Å². The highest BCUT2D eigenvalue weighted by molar-refractivity contribution is 7.89. The zero-order chi connectivity index (χ0) is 11.9. The molecule has 7 heteroatoms. The van der Waals surface area contributed by atoms with Crippen molar-refractivity contribution in [3.05, 3.63) is 0 Å². The Labute approximate surface area is 94.5 Å². The smallest absolute Gasteiger partial charge is 0.224 e. The van der Waals surface area contributed by atoms with Gasteiger partial charge in [-0.2, -0.15) is 0 Å².